The van der Waals surface area contributed by atoms with Crippen LogP contribution in [0.1, 0.15) is 18.9 Å². The van der Waals surface area contributed by atoms with Crippen LogP contribution in [-0.4, -0.2) is 32.4 Å². The van der Waals surface area contributed by atoms with E-state index in [2.05, 4.69) is 11.0 Å². The topological polar surface area (TPSA) is 57.6 Å². The average Bonchev–Trinajstić information content (AvgIpc) is 2.62. The fraction of sp³-hybridized carbons (Fsp3) is 0.263. The number of aromatic hydroxyl groups is 1. The second-order valence-electron chi connectivity index (χ2n) is 5.83. The van der Waals surface area contributed by atoms with Crippen LogP contribution in [0.5, 0.6) is 5.75 Å². The maximum absolute atomic E-state index is 12.4. The van der Waals surface area contributed by atoms with Crippen LogP contribution in [0.15, 0.2) is 59.5 Å². The molecule has 0 saturated carbocycles. The lowest BCUT2D eigenvalue weighted by Crippen LogP contribution is -2.30. The fourth-order valence-electron chi connectivity index (χ4n) is 3.03. The van der Waals surface area contributed by atoms with Crippen molar-refractivity contribution in [1.82, 2.24) is 0 Å². The predicted octanol–water partition coefficient (Wildman–Crippen LogP) is 3.48. The molecule has 0 fully saturated rings. The van der Waals surface area contributed by atoms with Crippen molar-refractivity contribution < 1.29 is 13.5 Å². The van der Waals surface area contributed by atoms with Crippen molar-refractivity contribution in [3.8, 4) is 5.75 Å². The number of sulfone groups is 1. The van der Waals surface area contributed by atoms with Crippen molar-refractivity contribution in [2.24, 2.45) is 0 Å². The first-order valence-electron chi connectivity index (χ1n) is 8.07. The zero-order valence-electron chi connectivity index (χ0n) is 13.6. The fourth-order valence-corrected chi connectivity index (χ4v) is 4.14. The molecule has 0 saturated heterocycles. The van der Waals surface area contributed by atoms with Gasteiger partial charge in [-0.1, -0.05) is 43.3 Å². The molecule has 1 aliphatic rings. The van der Waals surface area contributed by atoms with Crippen molar-refractivity contribution in [2.45, 2.75) is 18.2 Å². The highest BCUT2D eigenvalue weighted by molar-refractivity contribution is 7.91. The smallest absolute Gasteiger partial charge is 0.180 e. The Bertz CT molecular complexity index is 872. The van der Waals surface area contributed by atoms with Gasteiger partial charge < -0.3 is 10.0 Å². The SMILES string of the molecule is CCS(=O)(=O)c1ccccc1N1CCC=C(c2ccccc2O)C1. The molecule has 0 atom stereocenters. The van der Waals surface area contributed by atoms with Gasteiger partial charge in [0.2, 0.25) is 0 Å². The van der Waals surface area contributed by atoms with Crippen LogP contribution in [0, 0.1) is 0 Å². The summed E-state index contributed by atoms with van der Waals surface area (Å²) in [5.41, 5.74) is 2.56. The summed E-state index contributed by atoms with van der Waals surface area (Å²) in [6.07, 6.45) is 2.92. The van der Waals surface area contributed by atoms with Crippen molar-refractivity contribution in [3.05, 3.63) is 60.2 Å². The van der Waals surface area contributed by atoms with Crippen molar-refractivity contribution in [3.63, 3.8) is 0 Å². The van der Waals surface area contributed by atoms with Gasteiger partial charge >= 0.3 is 0 Å². The van der Waals surface area contributed by atoms with Crippen LogP contribution in [0.25, 0.3) is 5.57 Å². The third-order valence-corrected chi connectivity index (χ3v) is 6.10. The number of anilines is 1. The Balaban J connectivity index is 1.96. The maximum Gasteiger partial charge on any atom is 0.180 e. The summed E-state index contributed by atoms with van der Waals surface area (Å²) >= 11 is 0. The molecule has 4 nitrogen and oxygen atoms in total. The molecule has 24 heavy (non-hydrogen) atoms. The molecule has 1 heterocycles. The highest BCUT2D eigenvalue weighted by atomic mass is 32.2. The van der Waals surface area contributed by atoms with Gasteiger partial charge in [0.05, 0.1) is 16.3 Å². The van der Waals surface area contributed by atoms with E-state index in [1.54, 1.807) is 31.2 Å². The molecule has 0 spiro atoms. The quantitative estimate of drug-likeness (QED) is 0.923. The molecule has 2 aromatic carbocycles. The van der Waals surface area contributed by atoms with E-state index in [-0.39, 0.29) is 11.5 Å². The van der Waals surface area contributed by atoms with E-state index in [0.717, 1.165) is 29.8 Å². The van der Waals surface area contributed by atoms with Crippen LogP contribution in [0.3, 0.4) is 0 Å². The zero-order valence-corrected chi connectivity index (χ0v) is 14.5. The third-order valence-electron chi connectivity index (χ3n) is 4.32. The standard InChI is InChI=1S/C19H21NO3S/c1-2-24(22,23)19-12-6-4-10-17(19)20-13-7-8-15(14-20)16-9-3-5-11-18(16)21/h3-6,8-12,21H,2,7,13-14H2,1H3. The molecule has 126 valence electrons. The summed E-state index contributed by atoms with van der Waals surface area (Å²) in [5, 5.41) is 10.1. The summed E-state index contributed by atoms with van der Waals surface area (Å²) in [7, 11) is -3.28. The molecular formula is C19H21NO3S. The van der Waals surface area contributed by atoms with Gasteiger partial charge in [-0.25, -0.2) is 8.42 Å². The first kappa shape index (κ1) is 16.6. The Kier molecular flexibility index (Phi) is 4.62. The molecule has 0 radical (unpaired) electrons. The molecule has 0 unspecified atom stereocenters. The van der Waals surface area contributed by atoms with Gasteiger partial charge in [0.25, 0.3) is 0 Å². The lowest BCUT2D eigenvalue weighted by atomic mass is 10.00. The van der Waals surface area contributed by atoms with Gasteiger partial charge in [-0.05, 0) is 30.2 Å². The Morgan fingerprint density at radius 3 is 2.54 bits per heavy atom. The second kappa shape index (κ2) is 6.69. The van der Waals surface area contributed by atoms with E-state index in [1.165, 1.54) is 0 Å². The van der Waals surface area contributed by atoms with Gasteiger partial charge in [0.1, 0.15) is 5.75 Å². The molecule has 1 aliphatic heterocycles. The van der Waals surface area contributed by atoms with Gasteiger partial charge in [0, 0.05) is 18.7 Å². The molecule has 5 heteroatoms. The third kappa shape index (κ3) is 3.17. The molecule has 0 bridgehead atoms. The minimum atomic E-state index is -3.28. The van der Waals surface area contributed by atoms with E-state index in [9.17, 15) is 13.5 Å². The molecular weight excluding hydrogens is 322 g/mol. The van der Waals surface area contributed by atoms with Gasteiger partial charge in [-0.15, -0.1) is 0 Å². The van der Waals surface area contributed by atoms with Crippen LogP contribution in [-0.2, 0) is 9.84 Å². The van der Waals surface area contributed by atoms with Gasteiger partial charge in [-0.3, -0.25) is 0 Å². The van der Waals surface area contributed by atoms with Crippen LogP contribution < -0.4 is 4.90 Å². The van der Waals surface area contributed by atoms with Crippen molar-refractivity contribution >= 4 is 21.1 Å². The van der Waals surface area contributed by atoms with E-state index in [4.69, 9.17) is 0 Å². The number of benzene rings is 2. The average molecular weight is 343 g/mol. The van der Waals surface area contributed by atoms with E-state index in [1.807, 2.05) is 24.3 Å². The lowest BCUT2D eigenvalue weighted by molar-refractivity contribution is 0.473. The summed E-state index contributed by atoms with van der Waals surface area (Å²) in [4.78, 5) is 2.45. The van der Waals surface area contributed by atoms with E-state index >= 15 is 0 Å². The Hall–Kier alpha value is -2.27. The van der Waals surface area contributed by atoms with Crippen LogP contribution in [0.4, 0.5) is 5.69 Å². The summed E-state index contributed by atoms with van der Waals surface area (Å²) in [5.74, 6) is 0.333. The Labute approximate surface area is 143 Å². The van der Waals surface area contributed by atoms with Crippen LogP contribution >= 0.6 is 0 Å². The number of para-hydroxylation sites is 2. The number of nitrogens with zero attached hydrogens (tertiary/aromatic N) is 1. The van der Waals surface area contributed by atoms with E-state index in [0.29, 0.717) is 11.4 Å². The summed E-state index contributed by atoms with van der Waals surface area (Å²) < 4.78 is 24.8. The number of phenolic OH excluding ortho intramolecular Hbond substituents is 1. The minimum absolute atomic E-state index is 0.0834. The largest absolute Gasteiger partial charge is 0.507 e. The molecule has 0 aromatic heterocycles. The van der Waals surface area contributed by atoms with E-state index < -0.39 is 9.84 Å². The molecule has 0 amide bonds. The number of hydrogen-bond donors (Lipinski definition) is 1. The molecule has 3 rings (SSSR count). The van der Waals surface area contributed by atoms with Crippen molar-refractivity contribution in [2.75, 3.05) is 23.7 Å². The highest BCUT2D eigenvalue weighted by Crippen LogP contribution is 2.33. The number of phenols is 1. The highest BCUT2D eigenvalue weighted by Gasteiger charge is 2.23. The maximum atomic E-state index is 12.4. The van der Waals surface area contributed by atoms with Crippen molar-refractivity contribution in [1.29, 1.82) is 0 Å². The number of hydrogen-bond acceptors (Lipinski definition) is 4. The predicted molar refractivity (Wildman–Crippen MR) is 97.1 cm³/mol. The Morgan fingerprint density at radius 2 is 1.79 bits per heavy atom. The first-order valence-corrected chi connectivity index (χ1v) is 9.72. The van der Waals surface area contributed by atoms with Gasteiger partial charge in [-0.2, -0.15) is 0 Å². The summed E-state index contributed by atoms with van der Waals surface area (Å²) in [6.45, 7) is 3.00. The summed E-state index contributed by atoms with van der Waals surface area (Å²) in [6, 6.07) is 14.4. The molecule has 1 N–H and O–H groups in total. The second-order valence-corrected chi connectivity index (χ2v) is 8.07. The lowest BCUT2D eigenvalue weighted by Gasteiger charge is -2.31. The minimum Gasteiger partial charge on any atom is -0.507 e. The molecule has 2 aromatic rings. The molecule has 0 aliphatic carbocycles. The Morgan fingerprint density at radius 1 is 1.08 bits per heavy atom. The number of rotatable bonds is 4. The first-order chi connectivity index (χ1) is 11.5. The normalized spacial score (nSPS) is 15.2. The zero-order chi connectivity index (χ0) is 17.2. The monoisotopic (exact) mass is 343 g/mol. The van der Waals surface area contributed by atoms with Crippen LogP contribution in [0.2, 0.25) is 0 Å². The van der Waals surface area contributed by atoms with Gasteiger partial charge in [0.15, 0.2) is 9.84 Å².